The van der Waals surface area contributed by atoms with E-state index in [-0.39, 0.29) is 29.6 Å². The second kappa shape index (κ2) is 10.9. The van der Waals surface area contributed by atoms with Gasteiger partial charge in [-0.2, -0.15) is 0 Å². The smallest absolute Gasteiger partial charge is 0.222 e. The highest BCUT2D eigenvalue weighted by molar-refractivity contribution is 5.91. The monoisotopic (exact) mass is 389 g/mol. The molecule has 1 amide bonds. The Morgan fingerprint density at radius 1 is 1.29 bits per heavy atom. The van der Waals surface area contributed by atoms with Crippen LogP contribution in [0, 0.1) is 23.7 Å². The van der Waals surface area contributed by atoms with Crippen LogP contribution in [0.1, 0.15) is 71.6 Å². The molecule has 4 nitrogen and oxygen atoms in total. The number of carbonyl (C=O) groups excluding carboxylic acids is 2. The summed E-state index contributed by atoms with van der Waals surface area (Å²) in [5.41, 5.74) is 1.47. The van der Waals surface area contributed by atoms with Gasteiger partial charge in [0.15, 0.2) is 5.78 Å². The second-order valence-corrected chi connectivity index (χ2v) is 9.04. The van der Waals surface area contributed by atoms with Gasteiger partial charge in [-0.25, -0.2) is 0 Å². The molecule has 0 unspecified atom stereocenters. The summed E-state index contributed by atoms with van der Waals surface area (Å²) in [7, 11) is 3.61. The topological polar surface area (TPSA) is 57.6 Å². The van der Waals surface area contributed by atoms with Crippen LogP contribution in [0.15, 0.2) is 23.8 Å². The Balaban J connectivity index is 1.80. The van der Waals surface area contributed by atoms with Crippen molar-refractivity contribution in [2.24, 2.45) is 23.7 Å². The largest absolute Gasteiger partial charge is 0.392 e. The molecule has 0 radical (unpaired) electrons. The second-order valence-electron chi connectivity index (χ2n) is 9.04. The summed E-state index contributed by atoms with van der Waals surface area (Å²) in [4.78, 5) is 25.6. The van der Waals surface area contributed by atoms with Gasteiger partial charge >= 0.3 is 0 Å². The molecule has 28 heavy (non-hydrogen) atoms. The third-order valence-electron chi connectivity index (χ3n) is 6.55. The van der Waals surface area contributed by atoms with E-state index < -0.39 is 0 Å². The number of hydrogen-bond acceptors (Lipinski definition) is 3. The maximum atomic E-state index is 12.3. The summed E-state index contributed by atoms with van der Waals surface area (Å²) in [6.07, 6.45) is 14.4. The first-order chi connectivity index (χ1) is 13.3. The lowest BCUT2D eigenvalue weighted by Gasteiger charge is -2.18. The van der Waals surface area contributed by atoms with Gasteiger partial charge in [-0.15, -0.1) is 0 Å². The zero-order valence-corrected chi connectivity index (χ0v) is 18.2. The zero-order valence-electron chi connectivity index (χ0n) is 18.2. The molecule has 0 aromatic heterocycles. The number of fused-ring (bicyclic) bond motifs is 1. The summed E-state index contributed by atoms with van der Waals surface area (Å²) in [6, 6.07) is 0. The molecular weight excluding hydrogens is 350 g/mol. The molecule has 0 bridgehead atoms. The van der Waals surface area contributed by atoms with Crippen molar-refractivity contribution in [3.63, 3.8) is 0 Å². The van der Waals surface area contributed by atoms with Gasteiger partial charge in [-0.05, 0) is 56.4 Å². The van der Waals surface area contributed by atoms with Gasteiger partial charge in [0.1, 0.15) is 0 Å². The van der Waals surface area contributed by atoms with E-state index in [4.69, 9.17) is 0 Å². The minimum atomic E-state index is -0.333. The highest BCUT2D eigenvalue weighted by Crippen LogP contribution is 2.48. The Labute approximate surface area is 171 Å². The van der Waals surface area contributed by atoms with Crippen LogP contribution < -0.4 is 0 Å². The molecule has 0 aromatic rings. The molecule has 1 saturated carbocycles. The molecule has 5 atom stereocenters. The summed E-state index contributed by atoms with van der Waals surface area (Å²) in [5, 5.41) is 10.5. The van der Waals surface area contributed by atoms with Crippen molar-refractivity contribution in [1.29, 1.82) is 0 Å². The maximum Gasteiger partial charge on any atom is 0.222 e. The van der Waals surface area contributed by atoms with Crippen molar-refractivity contribution in [3.05, 3.63) is 23.8 Å². The van der Waals surface area contributed by atoms with E-state index in [9.17, 15) is 14.7 Å². The Morgan fingerprint density at radius 3 is 2.71 bits per heavy atom. The van der Waals surface area contributed by atoms with Crippen LogP contribution in [0.3, 0.4) is 0 Å². The van der Waals surface area contributed by atoms with Crippen LogP contribution in [-0.4, -0.2) is 41.9 Å². The van der Waals surface area contributed by atoms with Crippen LogP contribution >= 0.6 is 0 Å². The molecule has 2 aliphatic rings. The molecule has 2 aliphatic carbocycles. The average molecular weight is 390 g/mol. The fourth-order valence-corrected chi connectivity index (χ4v) is 4.67. The third kappa shape index (κ3) is 6.30. The number of carbonyl (C=O) groups is 2. The first kappa shape index (κ1) is 22.9. The molecule has 0 aromatic carbocycles. The van der Waals surface area contributed by atoms with Gasteiger partial charge < -0.3 is 10.0 Å². The quantitative estimate of drug-likeness (QED) is 0.321. The summed E-state index contributed by atoms with van der Waals surface area (Å²) >= 11 is 0. The number of unbranched alkanes of at least 4 members (excludes halogenated alkanes) is 2. The molecule has 0 heterocycles. The Hall–Kier alpha value is -1.42. The first-order valence-corrected chi connectivity index (χ1v) is 11.1. The number of allylic oxidation sites excluding steroid dienone is 3. The van der Waals surface area contributed by atoms with Gasteiger partial charge in [-0.1, -0.05) is 44.4 Å². The summed E-state index contributed by atoms with van der Waals surface area (Å²) in [5.74, 6) is 1.44. The Morgan fingerprint density at radius 2 is 2.04 bits per heavy atom. The molecule has 0 saturated heterocycles. The number of aliphatic hydroxyl groups excluding tert-OH is 1. The lowest BCUT2D eigenvalue weighted by molar-refractivity contribution is -0.128. The molecule has 1 fully saturated rings. The van der Waals surface area contributed by atoms with E-state index >= 15 is 0 Å². The maximum absolute atomic E-state index is 12.3. The van der Waals surface area contributed by atoms with Crippen LogP contribution in [0.5, 0.6) is 0 Å². The van der Waals surface area contributed by atoms with Crippen molar-refractivity contribution >= 4 is 11.7 Å². The predicted molar refractivity (Wildman–Crippen MR) is 114 cm³/mol. The Kier molecular flexibility index (Phi) is 8.94. The van der Waals surface area contributed by atoms with Gasteiger partial charge in [0.25, 0.3) is 0 Å². The van der Waals surface area contributed by atoms with E-state index in [0.29, 0.717) is 18.3 Å². The van der Waals surface area contributed by atoms with Crippen LogP contribution in [-0.2, 0) is 9.59 Å². The van der Waals surface area contributed by atoms with E-state index in [0.717, 1.165) is 51.4 Å². The lowest BCUT2D eigenvalue weighted by Crippen LogP contribution is -2.21. The lowest BCUT2D eigenvalue weighted by atomic mass is 9.88. The SMILES string of the molecule is CCCC[C@@H](C)C(=O)/C=C/[C@@H]1[C@H]2CC(CCCCC(=O)N(C)C)=C[C@H]2C[C@H]1O. The van der Waals surface area contributed by atoms with Gasteiger partial charge in [0.2, 0.25) is 5.91 Å². The molecule has 0 aliphatic heterocycles. The van der Waals surface area contributed by atoms with Crippen molar-refractivity contribution in [2.45, 2.75) is 77.7 Å². The van der Waals surface area contributed by atoms with Gasteiger partial charge in [-0.3, -0.25) is 9.59 Å². The predicted octanol–water partition coefficient (Wildman–Crippen LogP) is 4.53. The molecule has 0 spiro atoms. The minimum Gasteiger partial charge on any atom is -0.392 e. The average Bonchev–Trinajstić information content (AvgIpc) is 3.17. The molecule has 4 heteroatoms. The van der Waals surface area contributed by atoms with Crippen molar-refractivity contribution in [2.75, 3.05) is 14.1 Å². The zero-order chi connectivity index (χ0) is 20.7. The van der Waals surface area contributed by atoms with Crippen molar-refractivity contribution in [1.82, 2.24) is 4.90 Å². The normalized spacial score (nSPS) is 27.7. The highest BCUT2D eigenvalue weighted by Gasteiger charge is 2.43. The minimum absolute atomic E-state index is 0.0766. The Bertz CT molecular complexity index is 593. The van der Waals surface area contributed by atoms with E-state index in [1.54, 1.807) is 25.1 Å². The number of aliphatic hydroxyl groups is 1. The van der Waals surface area contributed by atoms with E-state index in [1.807, 2.05) is 13.0 Å². The standard InChI is InChI=1S/C24H39NO3/c1-5-6-9-17(2)22(26)13-12-20-21-15-18(14-19(21)16-23(20)27)10-7-8-11-24(28)25(3)4/h12-14,17,19-21,23,27H,5-11,15-16H2,1-4H3/b13-12+/t17-,19+,20-,21+,23-/m1/s1. The molecule has 158 valence electrons. The van der Waals surface area contributed by atoms with Crippen LogP contribution in [0.2, 0.25) is 0 Å². The van der Waals surface area contributed by atoms with Crippen molar-refractivity contribution < 1.29 is 14.7 Å². The van der Waals surface area contributed by atoms with Gasteiger partial charge in [0, 0.05) is 32.4 Å². The first-order valence-electron chi connectivity index (χ1n) is 11.1. The fraction of sp³-hybridized carbons (Fsp3) is 0.750. The highest BCUT2D eigenvalue weighted by atomic mass is 16.3. The van der Waals surface area contributed by atoms with E-state index in [2.05, 4.69) is 13.0 Å². The summed E-state index contributed by atoms with van der Waals surface area (Å²) < 4.78 is 0. The van der Waals surface area contributed by atoms with E-state index in [1.165, 1.54) is 5.57 Å². The molecular formula is C24H39NO3. The molecule has 1 N–H and O–H groups in total. The fourth-order valence-electron chi connectivity index (χ4n) is 4.67. The summed E-state index contributed by atoms with van der Waals surface area (Å²) in [6.45, 7) is 4.15. The number of ketones is 1. The van der Waals surface area contributed by atoms with Crippen LogP contribution in [0.4, 0.5) is 0 Å². The van der Waals surface area contributed by atoms with Crippen molar-refractivity contribution in [3.8, 4) is 0 Å². The number of rotatable bonds is 11. The number of hydrogen-bond donors (Lipinski definition) is 1. The number of nitrogens with zero attached hydrogens (tertiary/aromatic N) is 1. The third-order valence-corrected chi connectivity index (χ3v) is 6.55. The molecule has 2 rings (SSSR count). The van der Waals surface area contributed by atoms with Gasteiger partial charge in [0.05, 0.1) is 6.10 Å². The number of amides is 1. The van der Waals surface area contributed by atoms with Crippen LogP contribution in [0.25, 0.3) is 0 Å².